The van der Waals surface area contributed by atoms with Crippen LogP contribution in [0.4, 0.5) is 5.69 Å². The van der Waals surface area contributed by atoms with E-state index in [2.05, 4.69) is 24.7 Å². The Morgan fingerprint density at radius 1 is 1.29 bits per heavy atom. The third kappa shape index (κ3) is 2.92. The molecule has 9 heteroatoms. The van der Waals surface area contributed by atoms with Gasteiger partial charge in [0.05, 0.1) is 18.8 Å². The molecule has 0 aliphatic carbocycles. The summed E-state index contributed by atoms with van der Waals surface area (Å²) in [5.41, 5.74) is 0.592. The van der Waals surface area contributed by atoms with Gasteiger partial charge in [-0.3, -0.25) is 9.58 Å². The number of anilines is 1. The number of nitrogens with zero attached hydrogens (tertiary/aromatic N) is 5. The van der Waals surface area contributed by atoms with E-state index in [1.807, 2.05) is 10.7 Å². The Morgan fingerprint density at radius 3 is 3.00 bits per heavy atom. The molecular weight excluding hydrogens is 328 g/mol. The summed E-state index contributed by atoms with van der Waals surface area (Å²) in [6, 6.07) is 7.15. The van der Waals surface area contributed by atoms with Gasteiger partial charge in [-0.15, -0.1) is 4.40 Å². The van der Waals surface area contributed by atoms with Gasteiger partial charge >= 0.3 is 0 Å². The highest BCUT2D eigenvalue weighted by Gasteiger charge is 2.29. The van der Waals surface area contributed by atoms with E-state index < -0.39 is 10.0 Å². The number of hydrogen-bond acceptors (Lipinski definition) is 6. The van der Waals surface area contributed by atoms with Crippen LogP contribution >= 0.6 is 0 Å². The van der Waals surface area contributed by atoms with Crippen molar-refractivity contribution >= 4 is 21.5 Å². The van der Waals surface area contributed by atoms with Crippen molar-refractivity contribution in [3.63, 3.8) is 0 Å². The molecule has 0 amide bonds. The molecule has 1 saturated heterocycles. The van der Waals surface area contributed by atoms with Gasteiger partial charge < -0.3 is 5.32 Å². The molecule has 0 bridgehead atoms. The van der Waals surface area contributed by atoms with Crippen LogP contribution in [0.15, 0.2) is 46.2 Å². The number of fused-ring (bicyclic) bond motifs is 1. The molecular formula is C15H18N6O2S. The molecule has 1 atom stereocenters. The zero-order chi connectivity index (χ0) is 16.6. The number of aromatic nitrogens is 3. The summed E-state index contributed by atoms with van der Waals surface area (Å²) in [6.07, 6.45) is 5.36. The number of benzene rings is 1. The van der Waals surface area contributed by atoms with Gasteiger partial charge in [0.2, 0.25) is 0 Å². The van der Waals surface area contributed by atoms with Crippen molar-refractivity contribution < 1.29 is 8.42 Å². The minimum Gasteiger partial charge on any atom is -0.341 e. The molecule has 126 valence electrons. The number of nitrogens with one attached hydrogen (secondary N) is 1. The van der Waals surface area contributed by atoms with Crippen LogP contribution in [0.25, 0.3) is 0 Å². The van der Waals surface area contributed by atoms with Gasteiger partial charge in [-0.2, -0.15) is 13.5 Å². The van der Waals surface area contributed by atoms with Gasteiger partial charge in [0.25, 0.3) is 10.0 Å². The molecule has 1 aromatic heterocycles. The lowest BCUT2D eigenvalue weighted by Gasteiger charge is -2.26. The molecule has 24 heavy (non-hydrogen) atoms. The first-order valence-electron chi connectivity index (χ1n) is 7.88. The van der Waals surface area contributed by atoms with E-state index in [-0.39, 0.29) is 4.90 Å². The molecule has 0 radical (unpaired) electrons. The second-order valence-electron chi connectivity index (χ2n) is 6.02. The van der Waals surface area contributed by atoms with Crippen molar-refractivity contribution in [2.24, 2.45) is 4.40 Å². The number of hydrogen-bond donors (Lipinski definition) is 1. The average molecular weight is 346 g/mol. The first kappa shape index (κ1) is 15.3. The molecule has 1 aromatic carbocycles. The smallest absolute Gasteiger partial charge is 0.286 e. The summed E-state index contributed by atoms with van der Waals surface area (Å²) >= 11 is 0. The van der Waals surface area contributed by atoms with Gasteiger partial charge in [-0.05, 0) is 31.5 Å². The lowest BCUT2D eigenvalue weighted by Crippen LogP contribution is -2.40. The van der Waals surface area contributed by atoms with E-state index in [1.54, 1.807) is 24.5 Å². The fraction of sp³-hybridized carbons (Fsp3) is 0.400. The van der Waals surface area contributed by atoms with E-state index in [0.717, 1.165) is 25.9 Å². The monoisotopic (exact) mass is 346 g/mol. The van der Waals surface area contributed by atoms with E-state index in [1.165, 1.54) is 6.33 Å². The molecule has 0 unspecified atom stereocenters. The molecule has 2 aliphatic rings. The Kier molecular flexibility index (Phi) is 3.81. The fourth-order valence-electron chi connectivity index (χ4n) is 3.28. The second-order valence-corrected chi connectivity index (χ2v) is 7.59. The zero-order valence-electron chi connectivity index (χ0n) is 13.0. The van der Waals surface area contributed by atoms with Crippen molar-refractivity contribution in [2.75, 3.05) is 18.4 Å². The van der Waals surface area contributed by atoms with Crippen molar-refractivity contribution in [1.82, 2.24) is 19.7 Å². The Morgan fingerprint density at radius 2 is 2.17 bits per heavy atom. The van der Waals surface area contributed by atoms with Crippen LogP contribution in [0.3, 0.4) is 0 Å². The van der Waals surface area contributed by atoms with Crippen LogP contribution < -0.4 is 5.32 Å². The summed E-state index contributed by atoms with van der Waals surface area (Å²) in [7, 11) is -3.63. The lowest BCUT2D eigenvalue weighted by atomic mass is 10.2. The zero-order valence-corrected chi connectivity index (χ0v) is 13.9. The first-order chi connectivity index (χ1) is 11.6. The van der Waals surface area contributed by atoms with Gasteiger partial charge in [0.1, 0.15) is 23.4 Å². The number of rotatable bonds is 4. The third-order valence-corrected chi connectivity index (χ3v) is 5.76. The topological polar surface area (TPSA) is 92.5 Å². The third-order valence-electron chi connectivity index (χ3n) is 4.39. The van der Waals surface area contributed by atoms with Crippen LogP contribution in [-0.2, 0) is 16.6 Å². The maximum atomic E-state index is 12.3. The molecule has 1 fully saturated rings. The Hall–Kier alpha value is -2.26. The maximum absolute atomic E-state index is 12.3. The maximum Gasteiger partial charge on any atom is 0.286 e. The minimum absolute atomic E-state index is 0.231. The predicted molar refractivity (Wildman–Crippen MR) is 89.3 cm³/mol. The van der Waals surface area contributed by atoms with Crippen LogP contribution in [0.2, 0.25) is 0 Å². The quantitative estimate of drug-likeness (QED) is 0.886. The van der Waals surface area contributed by atoms with Crippen LogP contribution in [-0.4, -0.2) is 53.0 Å². The molecule has 2 aliphatic heterocycles. The van der Waals surface area contributed by atoms with E-state index in [4.69, 9.17) is 0 Å². The largest absolute Gasteiger partial charge is 0.341 e. The normalized spacial score (nSPS) is 22.7. The van der Waals surface area contributed by atoms with Gasteiger partial charge in [-0.25, -0.2) is 4.98 Å². The van der Waals surface area contributed by atoms with Crippen molar-refractivity contribution in [2.45, 2.75) is 30.3 Å². The molecule has 3 heterocycles. The van der Waals surface area contributed by atoms with E-state index >= 15 is 0 Å². The predicted octanol–water partition coefficient (Wildman–Crippen LogP) is 0.955. The Labute approximate surface area is 140 Å². The van der Waals surface area contributed by atoms with Crippen molar-refractivity contribution in [1.29, 1.82) is 0 Å². The van der Waals surface area contributed by atoms with Gasteiger partial charge in [-0.1, -0.05) is 12.1 Å². The Bertz CT molecular complexity index is 862. The number of likely N-dealkylation sites (tertiary alicyclic amines) is 1. The second kappa shape index (κ2) is 5.99. The van der Waals surface area contributed by atoms with Crippen molar-refractivity contribution in [3.8, 4) is 0 Å². The lowest BCUT2D eigenvalue weighted by molar-refractivity contribution is 0.256. The summed E-state index contributed by atoms with van der Waals surface area (Å²) in [4.78, 5) is 6.44. The first-order valence-corrected chi connectivity index (χ1v) is 9.32. The Balaban J connectivity index is 1.52. The summed E-state index contributed by atoms with van der Waals surface area (Å²) in [6.45, 7) is 2.14. The minimum atomic E-state index is -3.63. The summed E-state index contributed by atoms with van der Waals surface area (Å²) < 4.78 is 30.4. The molecule has 1 N–H and O–H groups in total. The highest BCUT2D eigenvalue weighted by molar-refractivity contribution is 7.90. The van der Waals surface area contributed by atoms with Crippen LogP contribution in [0.1, 0.15) is 12.8 Å². The SMILES string of the molecule is O=S1(=O)N=C(CN2CCC[C@H]2Cn2cncn2)Nc2ccccc21. The van der Waals surface area contributed by atoms with Crippen LogP contribution in [0, 0.1) is 0 Å². The highest BCUT2D eigenvalue weighted by Crippen LogP contribution is 2.27. The van der Waals surface area contributed by atoms with E-state index in [9.17, 15) is 8.42 Å². The average Bonchev–Trinajstić information content (AvgIpc) is 3.20. The van der Waals surface area contributed by atoms with Crippen molar-refractivity contribution in [3.05, 3.63) is 36.9 Å². The standard InChI is InChI=1S/C15H18N6O2S/c22-24(23)14-6-2-1-5-13(14)18-15(19-24)9-20-7-3-4-12(20)8-21-11-16-10-17-21/h1-2,5-6,10-12H,3-4,7-9H2,(H,18,19)/t12-/m0/s1. The summed E-state index contributed by atoms with van der Waals surface area (Å²) in [5.74, 6) is 0.471. The molecule has 4 rings (SSSR count). The van der Waals surface area contributed by atoms with Gasteiger partial charge in [0, 0.05) is 6.04 Å². The highest BCUT2D eigenvalue weighted by atomic mass is 32.2. The molecule has 0 saturated carbocycles. The fourth-order valence-corrected chi connectivity index (χ4v) is 4.42. The molecule has 0 spiro atoms. The number of para-hydroxylation sites is 1. The summed E-state index contributed by atoms with van der Waals surface area (Å²) in [5, 5.41) is 7.30. The molecule has 2 aromatic rings. The van der Waals surface area contributed by atoms with Crippen LogP contribution in [0.5, 0.6) is 0 Å². The van der Waals surface area contributed by atoms with Gasteiger partial charge in [0.15, 0.2) is 0 Å². The number of sulfonamides is 1. The van der Waals surface area contributed by atoms with E-state index in [0.29, 0.717) is 24.1 Å². The molecule has 8 nitrogen and oxygen atoms in total. The number of amidine groups is 1.